The van der Waals surface area contributed by atoms with Gasteiger partial charge >= 0.3 is 5.97 Å². The number of carbonyl (C=O) groups excluding carboxylic acids is 1. The highest BCUT2D eigenvalue weighted by Crippen LogP contribution is 2.13. The van der Waals surface area contributed by atoms with Crippen molar-refractivity contribution in [3.63, 3.8) is 0 Å². The van der Waals surface area contributed by atoms with Crippen LogP contribution in [0.25, 0.3) is 0 Å². The molecule has 1 rings (SSSR count). The molecule has 0 amide bonds. The van der Waals surface area contributed by atoms with Crippen LogP contribution in [-0.2, 0) is 22.4 Å². The molecule has 0 aliphatic heterocycles. The van der Waals surface area contributed by atoms with E-state index in [1.54, 1.807) is 0 Å². The fraction of sp³-hybridized carbons (Fsp3) is 0.500. The minimum Gasteiger partial charge on any atom is -0.466 e. The fourth-order valence-electron chi connectivity index (χ4n) is 1.84. The van der Waals surface area contributed by atoms with Crippen LogP contribution in [0.15, 0.2) is 18.2 Å². The van der Waals surface area contributed by atoms with E-state index in [9.17, 15) is 4.79 Å². The molecule has 0 fully saturated rings. The molecule has 2 nitrogen and oxygen atoms in total. The molecule has 1 aromatic rings. The lowest BCUT2D eigenvalue weighted by atomic mass is 10.0. The summed E-state index contributed by atoms with van der Waals surface area (Å²) in [4.78, 5) is 11.4. The highest BCUT2D eigenvalue weighted by Gasteiger charge is 2.05. The number of rotatable bonds is 6. The molecule has 17 heavy (non-hydrogen) atoms. The summed E-state index contributed by atoms with van der Waals surface area (Å²) in [6, 6.07) is 6.33. The summed E-state index contributed by atoms with van der Waals surface area (Å²) in [7, 11) is 0. The van der Waals surface area contributed by atoms with Crippen molar-refractivity contribution >= 4 is 21.9 Å². The third-order valence-electron chi connectivity index (χ3n) is 2.45. The Hall–Kier alpha value is -0.830. The Balaban J connectivity index is 2.71. The van der Waals surface area contributed by atoms with Crippen LogP contribution in [0.2, 0.25) is 0 Å². The Bertz CT molecular complexity index is 374. The summed E-state index contributed by atoms with van der Waals surface area (Å²) >= 11 is 3.43. The normalized spacial score (nSPS) is 10.3. The van der Waals surface area contributed by atoms with E-state index in [0.717, 1.165) is 23.7 Å². The van der Waals surface area contributed by atoms with E-state index < -0.39 is 0 Å². The number of alkyl halides is 1. The van der Waals surface area contributed by atoms with E-state index in [2.05, 4.69) is 41.1 Å². The smallest absolute Gasteiger partial charge is 0.310 e. The van der Waals surface area contributed by atoms with Gasteiger partial charge in [0.2, 0.25) is 0 Å². The Kier molecular flexibility index (Phi) is 6.27. The van der Waals surface area contributed by atoms with Gasteiger partial charge in [0.25, 0.3) is 0 Å². The van der Waals surface area contributed by atoms with E-state index >= 15 is 0 Å². The van der Waals surface area contributed by atoms with Gasteiger partial charge in [-0.2, -0.15) is 0 Å². The summed E-state index contributed by atoms with van der Waals surface area (Å²) in [6.07, 6.45) is 2.53. The molecule has 0 aliphatic rings. The first-order valence-corrected chi connectivity index (χ1v) is 7.09. The molecular formula is C14H19BrO2. The maximum absolute atomic E-state index is 11.4. The summed E-state index contributed by atoms with van der Waals surface area (Å²) in [6.45, 7) is 4.34. The van der Waals surface area contributed by atoms with Crippen molar-refractivity contribution in [2.75, 3.05) is 11.9 Å². The Labute approximate surface area is 111 Å². The first kappa shape index (κ1) is 14.2. The topological polar surface area (TPSA) is 26.3 Å². The van der Waals surface area contributed by atoms with Gasteiger partial charge < -0.3 is 4.74 Å². The maximum Gasteiger partial charge on any atom is 0.310 e. The van der Waals surface area contributed by atoms with Crippen LogP contribution in [0.1, 0.15) is 30.0 Å². The molecule has 1 aromatic carbocycles. The van der Waals surface area contributed by atoms with Crippen LogP contribution in [0.3, 0.4) is 0 Å². The van der Waals surface area contributed by atoms with Crippen LogP contribution in [-0.4, -0.2) is 17.9 Å². The largest absolute Gasteiger partial charge is 0.466 e. The van der Waals surface area contributed by atoms with E-state index in [1.165, 1.54) is 11.1 Å². The molecule has 94 valence electrons. The summed E-state index contributed by atoms with van der Waals surface area (Å²) < 4.78 is 4.96. The van der Waals surface area contributed by atoms with E-state index in [-0.39, 0.29) is 5.97 Å². The molecule has 0 unspecified atom stereocenters. The number of hydrogen-bond donors (Lipinski definition) is 0. The summed E-state index contributed by atoms with van der Waals surface area (Å²) in [5, 5.41) is 1.01. The van der Waals surface area contributed by atoms with Crippen molar-refractivity contribution in [1.82, 2.24) is 0 Å². The first-order valence-electron chi connectivity index (χ1n) is 5.96. The van der Waals surface area contributed by atoms with Crippen molar-refractivity contribution in [1.29, 1.82) is 0 Å². The number of aryl methyl sites for hydroxylation is 2. The Morgan fingerprint density at radius 2 is 2.00 bits per heavy atom. The molecule has 0 bridgehead atoms. The predicted octanol–water partition coefficient (Wildman–Crippen LogP) is 3.43. The van der Waals surface area contributed by atoms with Gasteiger partial charge in [-0.25, -0.2) is 0 Å². The van der Waals surface area contributed by atoms with Crippen LogP contribution in [0.5, 0.6) is 0 Å². The lowest BCUT2D eigenvalue weighted by Crippen LogP contribution is -2.08. The molecule has 3 heteroatoms. The second-order valence-corrected chi connectivity index (χ2v) is 4.89. The molecule has 0 spiro atoms. The number of ether oxygens (including phenoxy) is 1. The molecule has 0 heterocycles. The number of hydrogen-bond acceptors (Lipinski definition) is 2. The first-order chi connectivity index (χ1) is 8.15. The lowest BCUT2D eigenvalue weighted by Gasteiger charge is -2.07. The Morgan fingerprint density at radius 1 is 1.29 bits per heavy atom. The van der Waals surface area contributed by atoms with Gasteiger partial charge in [0, 0.05) is 5.33 Å². The molecule has 0 aromatic heterocycles. The SMILES string of the molecule is CCOC(=O)Cc1cc(C)cc(CCCBr)c1. The summed E-state index contributed by atoms with van der Waals surface area (Å²) in [5.41, 5.74) is 3.55. The molecular weight excluding hydrogens is 280 g/mol. The second-order valence-electron chi connectivity index (χ2n) is 4.10. The number of halogens is 1. The minimum absolute atomic E-state index is 0.149. The molecule has 0 N–H and O–H groups in total. The highest BCUT2D eigenvalue weighted by molar-refractivity contribution is 9.09. The zero-order chi connectivity index (χ0) is 12.7. The van der Waals surface area contributed by atoms with Crippen molar-refractivity contribution in [3.8, 4) is 0 Å². The third kappa shape index (κ3) is 5.35. The zero-order valence-electron chi connectivity index (χ0n) is 10.5. The van der Waals surface area contributed by atoms with Gasteiger partial charge in [0.15, 0.2) is 0 Å². The Morgan fingerprint density at radius 3 is 2.65 bits per heavy atom. The second kappa shape index (κ2) is 7.49. The molecule has 0 radical (unpaired) electrons. The van der Waals surface area contributed by atoms with Crippen molar-refractivity contribution < 1.29 is 9.53 Å². The number of esters is 1. The predicted molar refractivity (Wildman–Crippen MR) is 73.6 cm³/mol. The fourth-order valence-corrected chi connectivity index (χ4v) is 2.12. The highest BCUT2D eigenvalue weighted by atomic mass is 79.9. The van der Waals surface area contributed by atoms with Crippen molar-refractivity contribution in [2.24, 2.45) is 0 Å². The van der Waals surface area contributed by atoms with Crippen molar-refractivity contribution in [2.45, 2.75) is 33.1 Å². The quantitative estimate of drug-likeness (QED) is 0.594. The van der Waals surface area contributed by atoms with Crippen molar-refractivity contribution in [3.05, 3.63) is 34.9 Å². The molecule has 0 aliphatic carbocycles. The monoisotopic (exact) mass is 298 g/mol. The molecule has 0 saturated heterocycles. The molecule has 0 atom stereocenters. The van der Waals surface area contributed by atoms with Crippen LogP contribution >= 0.6 is 15.9 Å². The van der Waals surface area contributed by atoms with E-state index in [4.69, 9.17) is 4.74 Å². The number of carbonyl (C=O) groups is 1. The zero-order valence-corrected chi connectivity index (χ0v) is 12.0. The van der Waals surface area contributed by atoms with Gasteiger partial charge in [0.1, 0.15) is 0 Å². The maximum atomic E-state index is 11.4. The van der Waals surface area contributed by atoms with Crippen LogP contribution in [0.4, 0.5) is 0 Å². The van der Waals surface area contributed by atoms with E-state index in [0.29, 0.717) is 13.0 Å². The average molecular weight is 299 g/mol. The van der Waals surface area contributed by atoms with E-state index in [1.807, 2.05) is 6.92 Å². The van der Waals surface area contributed by atoms with Crippen LogP contribution < -0.4 is 0 Å². The number of benzene rings is 1. The van der Waals surface area contributed by atoms with Gasteiger partial charge in [-0.05, 0) is 37.8 Å². The third-order valence-corrected chi connectivity index (χ3v) is 3.01. The van der Waals surface area contributed by atoms with Gasteiger partial charge in [0.05, 0.1) is 13.0 Å². The minimum atomic E-state index is -0.149. The average Bonchev–Trinajstić information content (AvgIpc) is 2.25. The van der Waals surface area contributed by atoms with Crippen LogP contribution in [0, 0.1) is 6.92 Å². The standard InChI is InChI=1S/C14H19BrO2/c1-3-17-14(16)10-13-8-11(2)7-12(9-13)5-4-6-15/h7-9H,3-6,10H2,1-2H3. The van der Waals surface area contributed by atoms with Gasteiger partial charge in [-0.1, -0.05) is 39.7 Å². The van der Waals surface area contributed by atoms with Gasteiger partial charge in [-0.3, -0.25) is 4.79 Å². The van der Waals surface area contributed by atoms with Gasteiger partial charge in [-0.15, -0.1) is 0 Å². The molecule has 0 saturated carbocycles. The summed E-state index contributed by atoms with van der Waals surface area (Å²) in [5.74, 6) is -0.149. The lowest BCUT2D eigenvalue weighted by molar-refractivity contribution is -0.142.